The van der Waals surface area contributed by atoms with Gasteiger partial charge in [-0.15, -0.1) is 0 Å². The summed E-state index contributed by atoms with van der Waals surface area (Å²) in [6.07, 6.45) is 3.41. The molecule has 0 saturated heterocycles. The van der Waals surface area contributed by atoms with E-state index >= 15 is 0 Å². The Labute approximate surface area is 129 Å². The highest BCUT2D eigenvalue weighted by atomic mass is 35.5. The van der Waals surface area contributed by atoms with E-state index in [9.17, 15) is 4.79 Å². The number of halogens is 1. The Morgan fingerprint density at radius 2 is 1.95 bits per heavy atom. The summed E-state index contributed by atoms with van der Waals surface area (Å²) in [5.74, 6) is 0. The van der Waals surface area contributed by atoms with Gasteiger partial charge in [-0.1, -0.05) is 53.6 Å². The molecule has 21 heavy (non-hydrogen) atoms. The Hall–Kier alpha value is -2.26. The van der Waals surface area contributed by atoms with Crippen molar-refractivity contribution in [1.82, 2.24) is 10.6 Å². The maximum Gasteiger partial charge on any atom is 0.319 e. The lowest BCUT2D eigenvalue weighted by Crippen LogP contribution is -2.31. The molecule has 3 nitrogen and oxygen atoms in total. The molecule has 0 unspecified atom stereocenters. The lowest BCUT2D eigenvalue weighted by atomic mass is 10.1. The van der Waals surface area contributed by atoms with Gasteiger partial charge in [0.05, 0.1) is 0 Å². The van der Waals surface area contributed by atoms with Crippen LogP contribution in [-0.2, 0) is 6.54 Å². The van der Waals surface area contributed by atoms with Crippen LogP contribution >= 0.6 is 11.6 Å². The van der Waals surface area contributed by atoms with Crippen LogP contribution in [0.3, 0.4) is 0 Å². The molecule has 2 aromatic rings. The number of rotatable bonds is 4. The first-order valence-corrected chi connectivity index (χ1v) is 7.03. The fourth-order valence-corrected chi connectivity index (χ4v) is 1.97. The van der Waals surface area contributed by atoms with Crippen LogP contribution in [0.1, 0.15) is 16.7 Å². The van der Waals surface area contributed by atoms with Crippen molar-refractivity contribution in [2.45, 2.75) is 13.5 Å². The first-order chi connectivity index (χ1) is 10.1. The first kappa shape index (κ1) is 15.1. The highest BCUT2D eigenvalue weighted by Gasteiger charge is 1.98. The molecule has 0 saturated carbocycles. The van der Waals surface area contributed by atoms with Gasteiger partial charge < -0.3 is 10.6 Å². The maximum absolute atomic E-state index is 11.7. The molecule has 2 aromatic carbocycles. The number of urea groups is 1. The second kappa shape index (κ2) is 7.50. The summed E-state index contributed by atoms with van der Waals surface area (Å²) in [6, 6.07) is 15.2. The van der Waals surface area contributed by atoms with Crippen molar-refractivity contribution in [1.29, 1.82) is 0 Å². The Bertz CT molecular complexity index is 635. The standard InChI is InChI=1S/C17H17ClN2O/c1-13-3-2-4-15(11-13)12-20-17(21)19-10-9-14-5-7-16(18)8-6-14/h2-11H,12H2,1H3,(H2,19,20,21)/b10-9+. The number of carbonyl (C=O) groups excluding carboxylic acids is 1. The van der Waals surface area contributed by atoms with E-state index in [1.165, 1.54) is 5.56 Å². The van der Waals surface area contributed by atoms with Crippen molar-refractivity contribution in [2.75, 3.05) is 0 Å². The van der Waals surface area contributed by atoms with Crippen LogP contribution < -0.4 is 10.6 Å². The average Bonchev–Trinajstić information content (AvgIpc) is 2.47. The third-order valence-electron chi connectivity index (χ3n) is 2.90. The number of hydrogen-bond donors (Lipinski definition) is 2. The minimum absolute atomic E-state index is 0.235. The van der Waals surface area contributed by atoms with Crippen molar-refractivity contribution in [3.05, 3.63) is 76.4 Å². The minimum Gasteiger partial charge on any atom is -0.334 e. The molecule has 0 bridgehead atoms. The predicted octanol–water partition coefficient (Wildman–Crippen LogP) is 4.12. The van der Waals surface area contributed by atoms with Gasteiger partial charge in [0.25, 0.3) is 0 Å². The fraction of sp³-hybridized carbons (Fsp3) is 0.118. The SMILES string of the molecule is Cc1cccc(CNC(=O)N/C=C/c2ccc(Cl)cc2)c1. The summed E-state index contributed by atoms with van der Waals surface area (Å²) < 4.78 is 0. The molecule has 0 atom stereocenters. The predicted molar refractivity (Wildman–Crippen MR) is 87.0 cm³/mol. The van der Waals surface area contributed by atoms with Crippen LogP contribution in [0.5, 0.6) is 0 Å². The van der Waals surface area contributed by atoms with E-state index < -0.39 is 0 Å². The largest absolute Gasteiger partial charge is 0.334 e. The van der Waals surface area contributed by atoms with E-state index in [-0.39, 0.29) is 6.03 Å². The summed E-state index contributed by atoms with van der Waals surface area (Å²) in [6.45, 7) is 2.53. The van der Waals surface area contributed by atoms with Crippen LogP contribution in [0.2, 0.25) is 5.02 Å². The Morgan fingerprint density at radius 3 is 2.67 bits per heavy atom. The van der Waals surface area contributed by atoms with E-state index in [1.54, 1.807) is 18.3 Å². The number of aryl methyl sites for hydroxylation is 1. The maximum atomic E-state index is 11.7. The Morgan fingerprint density at radius 1 is 1.19 bits per heavy atom. The van der Waals surface area contributed by atoms with Crippen molar-refractivity contribution in [3.8, 4) is 0 Å². The summed E-state index contributed by atoms with van der Waals surface area (Å²) in [5, 5.41) is 6.16. The average molecular weight is 301 g/mol. The normalized spacial score (nSPS) is 10.6. The van der Waals surface area contributed by atoms with Crippen LogP contribution in [0.15, 0.2) is 54.7 Å². The number of hydrogen-bond acceptors (Lipinski definition) is 1. The van der Waals surface area contributed by atoms with Crippen LogP contribution in [-0.4, -0.2) is 6.03 Å². The second-order valence-electron chi connectivity index (χ2n) is 4.70. The van der Waals surface area contributed by atoms with E-state index in [2.05, 4.69) is 10.6 Å². The summed E-state index contributed by atoms with van der Waals surface area (Å²) in [5.41, 5.74) is 3.22. The van der Waals surface area contributed by atoms with Crippen molar-refractivity contribution < 1.29 is 4.79 Å². The summed E-state index contributed by atoms with van der Waals surface area (Å²) in [4.78, 5) is 11.7. The van der Waals surface area contributed by atoms with Crippen molar-refractivity contribution >= 4 is 23.7 Å². The zero-order valence-corrected chi connectivity index (χ0v) is 12.5. The molecule has 0 aromatic heterocycles. The lowest BCUT2D eigenvalue weighted by molar-refractivity contribution is 0.244. The molecule has 4 heteroatoms. The summed E-state index contributed by atoms with van der Waals surface area (Å²) in [7, 11) is 0. The zero-order chi connectivity index (χ0) is 15.1. The molecule has 2 rings (SSSR count). The molecule has 2 amide bonds. The van der Waals surface area contributed by atoms with E-state index in [4.69, 9.17) is 11.6 Å². The van der Waals surface area contributed by atoms with Gasteiger partial charge in [0.1, 0.15) is 0 Å². The first-order valence-electron chi connectivity index (χ1n) is 6.65. The molecular formula is C17H17ClN2O. The molecule has 0 aliphatic carbocycles. The zero-order valence-electron chi connectivity index (χ0n) is 11.8. The second-order valence-corrected chi connectivity index (χ2v) is 5.14. The van der Waals surface area contributed by atoms with Gasteiger partial charge in [-0.25, -0.2) is 4.79 Å². The van der Waals surface area contributed by atoms with Crippen molar-refractivity contribution in [2.24, 2.45) is 0 Å². The van der Waals surface area contributed by atoms with Crippen molar-refractivity contribution in [3.63, 3.8) is 0 Å². The van der Waals surface area contributed by atoms with E-state index in [0.29, 0.717) is 11.6 Å². The van der Waals surface area contributed by atoms with Crippen LogP contribution in [0.25, 0.3) is 6.08 Å². The third kappa shape index (κ3) is 5.32. The molecule has 0 radical (unpaired) electrons. The quantitative estimate of drug-likeness (QED) is 0.876. The Balaban J connectivity index is 1.78. The number of nitrogens with one attached hydrogen (secondary N) is 2. The Kier molecular flexibility index (Phi) is 5.41. The number of benzene rings is 2. The fourth-order valence-electron chi connectivity index (χ4n) is 1.84. The summed E-state index contributed by atoms with van der Waals surface area (Å²) >= 11 is 5.80. The van der Waals surface area contributed by atoms with Gasteiger partial charge in [-0.3, -0.25) is 0 Å². The molecule has 0 heterocycles. The van der Waals surface area contributed by atoms with Crippen LogP contribution in [0.4, 0.5) is 4.79 Å². The van der Waals surface area contributed by atoms with Gasteiger partial charge in [0.2, 0.25) is 0 Å². The highest BCUT2D eigenvalue weighted by molar-refractivity contribution is 6.30. The van der Waals surface area contributed by atoms with Gasteiger partial charge in [0.15, 0.2) is 0 Å². The topological polar surface area (TPSA) is 41.1 Å². The van der Waals surface area contributed by atoms with E-state index in [1.807, 2.05) is 49.4 Å². The smallest absolute Gasteiger partial charge is 0.319 e. The molecule has 0 spiro atoms. The third-order valence-corrected chi connectivity index (χ3v) is 3.15. The van der Waals surface area contributed by atoms with Crippen LogP contribution in [0, 0.1) is 6.92 Å². The molecular weight excluding hydrogens is 284 g/mol. The highest BCUT2D eigenvalue weighted by Crippen LogP contribution is 2.10. The van der Waals surface area contributed by atoms with Gasteiger partial charge >= 0.3 is 6.03 Å². The molecule has 0 fully saturated rings. The molecule has 0 aliphatic rings. The minimum atomic E-state index is -0.235. The lowest BCUT2D eigenvalue weighted by Gasteiger charge is -2.05. The van der Waals surface area contributed by atoms with Gasteiger partial charge in [-0.05, 0) is 36.3 Å². The molecule has 2 N–H and O–H groups in total. The number of carbonyl (C=O) groups is 1. The van der Waals surface area contributed by atoms with Gasteiger partial charge in [-0.2, -0.15) is 0 Å². The molecule has 0 aliphatic heterocycles. The van der Waals surface area contributed by atoms with Gasteiger partial charge in [0, 0.05) is 17.8 Å². The molecule has 108 valence electrons. The van der Waals surface area contributed by atoms with E-state index in [0.717, 1.165) is 11.1 Å². The monoisotopic (exact) mass is 300 g/mol. The number of amides is 2.